The van der Waals surface area contributed by atoms with E-state index in [-0.39, 0.29) is 12.5 Å². The van der Waals surface area contributed by atoms with Gasteiger partial charge in [0.1, 0.15) is 0 Å². The van der Waals surface area contributed by atoms with Crippen LogP contribution in [0.4, 0.5) is 0 Å². The minimum atomic E-state index is -0.102. The molecule has 7 heteroatoms. The molecule has 0 radical (unpaired) electrons. The van der Waals surface area contributed by atoms with E-state index in [4.69, 9.17) is 16.1 Å². The zero-order valence-corrected chi connectivity index (χ0v) is 15.1. The lowest BCUT2D eigenvalue weighted by atomic mass is 10.1. The number of hydrogen-bond acceptors (Lipinski definition) is 5. The lowest BCUT2D eigenvalue weighted by Crippen LogP contribution is -2.24. The number of nitrogens with one attached hydrogen (secondary N) is 1. The summed E-state index contributed by atoms with van der Waals surface area (Å²) >= 11 is 7.27. The van der Waals surface area contributed by atoms with Crippen LogP contribution in [0.1, 0.15) is 11.5 Å². The summed E-state index contributed by atoms with van der Waals surface area (Å²) in [5.74, 6) is 1.10. The van der Waals surface area contributed by atoms with Crippen molar-refractivity contribution < 1.29 is 9.32 Å². The van der Waals surface area contributed by atoms with Crippen LogP contribution in [0.3, 0.4) is 0 Å². The number of nitrogens with zero attached hydrogens (tertiary/aromatic N) is 2. The van der Waals surface area contributed by atoms with Gasteiger partial charge in [-0.2, -0.15) is 4.98 Å². The number of carbonyl (C=O) groups excluding carboxylic acids is 1. The van der Waals surface area contributed by atoms with Crippen molar-refractivity contribution in [2.75, 3.05) is 5.75 Å². The van der Waals surface area contributed by atoms with Crippen LogP contribution < -0.4 is 5.32 Å². The fourth-order valence-electron chi connectivity index (χ4n) is 2.13. The largest absolute Gasteiger partial charge is 0.346 e. The molecule has 0 saturated carbocycles. The summed E-state index contributed by atoms with van der Waals surface area (Å²) in [5, 5.41) is 7.40. The fourth-order valence-corrected chi connectivity index (χ4v) is 2.99. The van der Waals surface area contributed by atoms with Crippen molar-refractivity contribution in [3.8, 4) is 11.4 Å². The molecule has 2 aromatic carbocycles. The number of hydrogen-bond donors (Lipinski definition) is 1. The molecule has 128 valence electrons. The van der Waals surface area contributed by atoms with Gasteiger partial charge in [0.2, 0.25) is 17.6 Å². The number of thioether (sulfide) groups is 1. The van der Waals surface area contributed by atoms with Crippen LogP contribution in [-0.4, -0.2) is 21.8 Å². The third-order valence-corrected chi connectivity index (χ3v) is 4.63. The topological polar surface area (TPSA) is 68.0 Å². The molecule has 5 nitrogen and oxygen atoms in total. The lowest BCUT2D eigenvalue weighted by molar-refractivity contribution is -0.118. The molecule has 1 aromatic heterocycles. The highest BCUT2D eigenvalue weighted by Gasteiger charge is 2.10. The molecule has 1 heterocycles. The van der Waals surface area contributed by atoms with Gasteiger partial charge in [0, 0.05) is 15.5 Å². The van der Waals surface area contributed by atoms with E-state index in [9.17, 15) is 4.79 Å². The van der Waals surface area contributed by atoms with Gasteiger partial charge in [-0.25, -0.2) is 0 Å². The maximum absolute atomic E-state index is 11.9. The number of benzene rings is 2. The monoisotopic (exact) mass is 373 g/mol. The van der Waals surface area contributed by atoms with Crippen LogP contribution in [0.15, 0.2) is 57.9 Å². The smallest absolute Gasteiger partial charge is 0.246 e. The van der Waals surface area contributed by atoms with Crippen molar-refractivity contribution >= 4 is 29.3 Å². The summed E-state index contributed by atoms with van der Waals surface area (Å²) < 4.78 is 5.19. The summed E-state index contributed by atoms with van der Waals surface area (Å²) in [4.78, 5) is 17.2. The second-order valence-corrected chi connectivity index (χ2v) is 6.89. The minimum Gasteiger partial charge on any atom is -0.346 e. The van der Waals surface area contributed by atoms with Crippen molar-refractivity contribution in [2.24, 2.45) is 0 Å². The molecule has 0 aliphatic heterocycles. The Labute approximate surface area is 154 Å². The van der Waals surface area contributed by atoms with Crippen molar-refractivity contribution in [3.63, 3.8) is 0 Å². The molecule has 3 aromatic rings. The summed E-state index contributed by atoms with van der Waals surface area (Å²) in [7, 11) is 0. The van der Waals surface area contributed by atoms with E-state index in [2.05, 4.69) is 15.5 Å². The molecule has 0 saturated heterocycles. The van der Waals surface area contributed by atoms with E-state index in [0.29, 0.717) is 22.5 Å². The molecule has 3 rings (SSSR count). The van der Waals surface area contributed by atoms with Crippen molar-refractivity contribution in [3.05, 3.63) is 65.0 Å². The molecule has 0 fully saturated rings. The summed E-state index contributed by atoms with van der Waals surface area (Å²) in [6.45, 7) is 2.21. The highest BCUT2D eigenvalue weighted by atomic mass is 35.5. The normalized spacial score (nSPS) is 10.6. The van der Waals surface area contributed by atoms with Gasteiger partial charge >= 0.3 is 0 Å². The Morgan fingerprint density at radius 3 is 2.80 bits per heavy atom. The molecule has 0 bridgehead atoms. The van der Waals surface area contributed by atoms with Gasteiger partial charge in [0.25, 0.3) is 0 Å². The first kappa shape index (κ1) is 17.5. The highest BCUT2D eigenvalue weighted by Crippen LogP contribution is 2.20. The van der Waals surface area contributed by atoms with Crippen molar-refractivity contribution in [1.29, 1.82) is 0 Å². The van der Waals surface area contributed by atoms with E-state index < -0.39 is 0 Å². The number of aromatic nitrogens is 2. The lowest BCUT2D eigenvalue weighted by Gasteiger charge is -2.02. The van der Waals surface area contributed by atoms with E-state index in [0.717, 1.165) is 16.0 Å². The van der Waals surface area contributed by atoms with Gasteiger partial charge in [0.15, 0.2) is 0 Å². The van der Waals surface area contributed by atoms with E-state index in [1.807, 2.05) is 43.3 Å². The standard InChI is InChI=1S/C18H16ClN3O2S/c1-12-3-2-4-13(9-12)18-21-17(24-22-18)10-20-16(23)11-25-15-7-5-14(19)6-8-15/h2-9H,10-11H2,1H3,(H,20,23). The second-order valence-electron chi connectivity index (χ2n) is 5.40. The molecular weight excluding hydrogens is 358 g/mol. The molecule has 1 amide bonds. The van der Waals surface area contributed by atoms with Gasteiger partial charge in [-0.1, -0.05) is 40.5 Å². The number of rotatable bonds is 6. The van der Waals surface area contributed by atoms with E-state index in [1.54, 1.807) is 12.1 Å². The predicted molar refractivity (Wildman–Crippen MR) is 98.5 cm³/mol. The summed E-state index contributed by atoms with van der Waals surface area (Å²) in [6.07, 6.45) is 0. The Morgan fingerprint density at radius 1 is 1.24 bits per heavy atom. The first-order chi connectivity index (χ1) is 12.1. The first-order valence-electron chi connectivity index (χ1n) is 7.65. The number of halogens is 1. The Balaban J connectivity index is 1.50. The number of aryl methyl sites for hydroxylation is 1. The maximum atomic E-state index is 11.9. The second kappa shape index (κ2) is 8.18. The third kappa shape index (κ3) is 5.08. The van der Waals surface area contributed by atoms with Crippen LogP contribution in [0.25, 0.3) is 11.4 Å². The zero-order chi connectivity index (χ0) is 17.6. The summed E-state index contributed by atoms with van der Waals surface area (Å²) in [6, 6.07) is 15.2. The fraction of sp³-hybridized carbons (Fsp3) is 0.167. The molecule has 0 aliphatic carbocycles. The van der Waals surface area contributed by atoms with Crippen molar-refractivity contribution in [1.82, 2.24) is 15.5 Å². The Bertz CT molecular complexity index is 865. The SMILES string of the molecule is Cc1cccc(-c2noc(CNC(=O)CSc3ccc(Cl)cc3)n2)c1. The molecule has 0 aliphatic rings. The van der Waals surface area contributed by atoms with E-state index >= 15 is 0 Å². The Hall–Kier alpha value is -2.31. The van der Waals surface area contributed by atoms with Crippen LogP contribution >= 0.6 is 23.4 Å². The van der Waals surface area contributed by atoms with Crippen molar-refractivity contribution in [2.45, 2.75) is 18.4 Å². The Kier molecular flexibility index (Phi) is 5.73. The number of carbonyl (C=O) groups is 1. The van der Waals surface area contributed by atoms with Crippen LogP contribution in [-0.2, 0) is 11.3 Å². The molecule has 0 atom stereocenters. The molecule has 25 heavy (non-hydrogen) atoms. The Morgan fingerprint density at radius 2 is 2.04 bits per heavy atom. The first-order valence-corrected chi connectivity index (χ1v) is 9.01. The van der Waals surface area contributed by atoms with Gasteiger partial charge in [0.05, 0.1) is 12.3 Å². The highest BCUT2D eigenvalue weighted by molar-refractivity contribution is 8.00. The average Bonchev–Trinajstić information content (AvgIpc) is 3.08. The maximum Gasteiger partial charge on any atom is 0.246 e. The molecular formula is C18H16ClN3O2S. The predicted octanol–water partition coefficient (Wildman–Crippen LogP) is 4.11. The zero-order valence-electron chi connectivity index (χ0n) is 13.5. The van der Waals surface area contributed by atoms with Crippen LogP contribution in [0.2, 0.25) is 5.02 Å². The van der Waals surface area contributed by atoms with Gasteiger partial charge in [-0.05, 0) is 37.3 Å². The average molecular weight is 374 g/mol. The van der Waals surface area contributed by atoms with E-state index in [1.165, 1.54) is 11.8 Å². The van der Waals surface area contributed by atoms with Crippen LogP contribution in [0.5, 0.6) is 0 Å². The van der Waals surface area contributed by atoms with Crippen LogP contribution in [0, 0.1) is 6.92 Å². The van der Waals surface area contributed by atoms with Gasteiger partial charge in [-0.15, -0.1) is 11.8 Å². The van der Waals surface area contributed by atoms with Gasteiger partial charge in [-0.3, -0.25) is 4.79 Å². The molecule has 0 spiro atoms. The molecule has 1 N–H and O–H groups in total. The number of amides is 1. The third-order valence-electron chi connectivity index (χ3n) is 3.36. The molecule has 0 unspecified atom stereocenters. The van der Waals surface area contributed by atoms with Gasteiger partial charge < -0.3 is 9.84 Å². The quantitative estimate of drug-likeness (QED) is 0.658. The minimum absolute atomic E-state index is 0.102. The summed E-state index contributed by atoms with van der Waals surface area (Å²) in [5.41, 5.74) is 2.01.